The number of rotatable bonds is 4. The van der Waals surface area contributed by atoms with Crippen LogP contribution in [0.1, 0.15) is 15.9 Å². The lowest BCUT2D eigenvalue weighted by Gasteiger charge is -2.07. The monoisotopic (exact) mass is 307 g/mol. The average molecular weight is 307 g/mol. The molecule has 7 nitrogen and oxygen atoms in total. The number of aromatic hydroxyl groups is 1. The zero-order chi connectivity index (χ0) is 15.5. The molecule has 0 aliphatic heterocycles. The quantitative estimate of drug-likeness (QED) is 0.753. The van der Waals surface area contributed by atoms with Crippen LogP contribution in [0.4, 0.5) is 0 Å². The van der Waals surface area contributed by atoms with Crippen molar-refractivity contribution in [3.63, 3.8) is 0 Å². The maximum Gasteiger partial charge on any atom is 0.255 e. The van der Waals surface area contributed by atoms with Gasteiger partial charge in [0, 0.05) is 12.7 Å². The second-order valence-electron chi connectivity index (χ2n) is 4.27. The van der Waals surface area contributed by atoms with E-state index in [2.05, 4.69) is 10.3 Å². The molecule has 1 heterocycles. The lowest BCUT2D eigenvalue weighted by atomic mass is 10.2. The molecule has 0 saturated heterocycles. The van der Waals surface area contributed by atoms with E-state index in [1.165, 1.54) is 30.5 Å². The Morgan fingerprint density at radius 2 is 2.10 bits per heavy atom. The van der Waals surface area contributed by atoms with Crippen LogP contribution in [0, 0.1) is 0 Å². The fourth-order valence-corrected chi connectivity index (χ4v) is 2.27. The fourth-order valence-electron chi connectivity index (χ4n) is 1.69. The first-order valence-corrected chi connectivity index (χ1v) is 7.45. The fraction of sp³-hybridized carbons (Fsp3) is 0.0769. The van der Waals surface area contributed by atoms with Crippen LogP contribution in [0.3, 0.4) is 0 Å². The van der Waals surface area contributed by atoms with E-state index < -0.39 is 15.9 Å². The molecule has 4 N–H and O–H groups in total. The first-order chi connectivity index (χ1) is 9.88. The van der Waals surface area contributed by atoms with Gasteiger partial charge in [-0.05, 0) is 23.8 Å². The Kier molecular flexibility index (Phi) is 4.20. The summed E-state index contributed by atoms with van der Waals surface area (Å²) in [6.45, 7) is 0.101. The zero-order valence-corrected chi connectivity index (χ0v) is 11.7. The van der Waals surface area contributed by atoms with Crippen LogP contribution in [-0.2, 0) is 16.6 Å². The smallest absolute Gasteiger partial charge is 0.255 e. The summed E-state index contributed by atoms with van der Waals surface area (Å²) in [6.07, 6.45) is 2.55. The normalized spacial score (nSPS) is 11.1. The third-order valence-corrected chi connectivity index (χ3v) is 3.64. The molecule has 1 aromatic heterocycles. The van der Waals surface area contributed by atoms with E-state index in [0.29, 0.717) is 5.56 Å². The number of hydrogen-bond donors (Lipinski definition) is 3. The van der Waals surface area contributed by atoms with Gasteiger partial charge in [0.1, 0.15) is 5.75 Å². The maximum absolute atomic E-state index is 11.9. The van der Waals surface area contributed by atoms with E-state index in [9.17, 15) is 18.3 Å². The number of aromatic nitrogens is 1. The highest BCUT2D eigenvalue weighted by Crippen LogP contribution is 2.14. The molecule has 0 radical (unpaired) electrons. The molecule has 2 aromatic rings. The average Bonchev–Trinajstić information content (AvgIpc) is 2.45. The third-order valence-electron chi connectivity index (χ3n) is 2.72. The van der Waals surface area contributed by atoms with Crippen molar-refractivity contribution in [2.45, 2.75) is 11.4 Å². The summed E-state index contributed by atoms with van der Waals surface area (Å²) < 4.78 is 22.5. The lowest BCUT2D eigenvalue weighted by molar-refractivity contribution is 0.0948. The van der Waals surface area contributed by atoms with Gasteiger partial charge in [-0.25, -0.2) is 13.6 Å². The highest BCUT2D eigenvalue weighted by molar-refractivity contribution is 7.89. The van der Waals surface area contributed by atoms with Crippen LogP contribution in [0.5, 0.6) is 5.75 Å². The summed E-state index contributed by atoms with van der Waals surface area (Å²) in [5, 5.41) is 17.1. The molecule has 110 valence electrons. The van der Waals surface area contributed by atoms with E-state index in [4.69, 9.17) is 5.14 Å². The number of benzene rings is 1. The predicted octanol–water partition coefficient (Wildman–Crippen LogP) is 0.365. The SMILES string of the molecule is NS(=O)(=O)c1cccc(CNC(=O)c2ccncc2O)c1. The lowest BCUT2D eigenvalue weighted by Crippen LogP contribution is -2.23. The molecule has 0 spiro atoms. The molecule has 0 aliphatic carbocycles. The molecule has 2 rings (SSSR count). The molecule has 0 aliphatic rings. The van der Waals surface area contributed by atoms with E-state index in [1.54, 1.807) is 6.07 Å². The molecule has 21 heavy (non-hydrogen) atoms. The standard InChI is InChI=1S/C13H13N3O4S/c14-21(19,20)10-3-1-2-9(6-10)7-16-13(18)11-4-5-15-8-12(11)17/h1-6,8,17H,7H2,(H,16,18)(H2,14,19,20). The van der Waals surface area contributed by atoms with Crippen LogP contribution in [0.2, 0.25) is 0 Å². The molecule has 0 saturated carbocycles. The minimum atomic E-state index is -3.78. The van der Waals surface area contributed by atoms with Gasteiger partial charge in [-0.3, -0.25) is 9.78 Å². The molecular formula is C13H13N3O4S. The Labute approximate surface area is 121 Å². The maximum atomic E-state index is 11.9. The van der Waals surface area contributed by atoms with E-state index in [-0.39, 0.29) is 22.8 Å². The number of nitrogens with zero attached hydrogens (tertiary/aromatic N) is 1. The summed E-state index contributed by atoms with van der Waals surface area (Å²) in [5.74, 6) is -0.718. The number of sulfonamides is 1. The number of carbonyl (C=O) groups excluding carboxylic acids is 1. The summed E-state index contributed by atoms with van der Waals surface area (Å²) >= 11 is 0. The summed E-state index contributed by atoms with van der Waals surface area (Å²) in [4.78, 5) is 15.5. The Morgan fingerprint density at radius 3 is 2.76 bits per heavy atom. The van der Waals surface area contributed by atoms with Gasteiger partial charge in [-0.15, -0.1) is 0 Å². The second-order valence-corrected chi connectivity index (χ2v) is 5.83. The van der Waals surface area contributed by atoms with Crippen molar-refractivity contribution in [3.8, 4) is 5.75 Å². The Morgan fingerprint density at radius 1 is 1.33 bits per heavy atom. The second kappa shape index (κ2) is 5.90. The molecule has 0 bridgehead atoms. The van der Waals surface area contributed by atoms with Crippen LogP contribution >= 0.6 is 0 Å². The first kappa shape index (κ1) is 14.9. The van der Waals surface area contributed by atoms with Gasteiger partial charge >= 0.3 is 0 Å². The van der Waals surface area contributed by atoms with Crippen molar-refractivity contribution in [1.29, 1.82) is 0 Å². The Balaban J connectivity index is 2.11. The highest BCUT2D eigenvalue weighted by atomic mass is 32.2. The number of carbonyl (C=O) groups is 1. The number of pyridine rings is 1. The molecule has 0 unspecified atom stereocenters. The van der Waals surface area contributed by atoms with Crippen molar-refractivity contribution >= 4 is 15.9 Å². The van der Waals surface area contributed by atoms with Crippen molar-refractivity contribution in [2.24, 2.45) is 5.14 Å². The van der Waals surface area contributed by atoms with Crippen LogP contribution in [0.25, 0.3) is 0 Å². The zero-order valence-electron chi connectivity index (χ0n) is 10.9. The van der Waals surface area contributed by atoms with Crippen molar-refractivity contribution < 1.29 is 18.3 Å². The van der Waals surface area contributed by atoms with Gasteiger partial charge in [0.2, 0.25) is 10.0 Å². The van der Waals surface area contributed by atoms with E-state index in [1.807, 2.05) is 0 Å². The predicted molar refractivity (Wildman–Crippen MR) is 74.9 cm³/mol. The first-order valence-electron chi connectivity index (χ1n) is 5.91. The number of nitrogens with one attached hydrogen (secondary N) is 1. The molecular weight excluding hydrogens is 294 g/mol. The van der Waals surface area contributed by atoms with Crippen LogP contribution < -0.4 is 10.5 Å². The van der Waals surface area contributed by atoms with Crippen molar-refractivity contribution in [3.05, 3.63) is 53.9 Å². The van der Waals surface area contributed by atoms with Crippen molar-refractivity contribution in [2.75, 3.05) is 0 Å². The molecule has 1 amide bonds. The van der Waals surface area contributed by atoms with Gasteiger partial charge in [0.05, 0.1) is 16.7 Å². The number of amides is 1. The number of hydrogen-bond acceptors (Lipinski definition) is 5. The highest BCUT2D eigenvalue weighted by Gasteiger charge is 2.11. The summed E-state index contributed by atoms with van der Waals surface area (Å²) in [6, 6.07) is 7.31. The molecule has 0 fully saturated rings. The van der Waals surface area contributed by atoms with Gasteiger partial charge in [0.25, 0.3) is 5.91 Å². The van der Waals surface area contributed by atoms with Crippen molar-refractivity contribution in [1.82, 2.24) is 10.3 Å². The summed E-state index contributed by atoms with van der Waals surface area (Å²) in [5.41, 5.74) is 0.663. The summed E-state index contributed by atoms with van der Waals surface area (Å²) in [7, 11) is -3.78. The van der Waals surface area contributed by atoms with Gasteiger partial charge in [-0.2, -0.15) is 0 Å². The van der Waals surface area contributed by atoms with Crippen LogP contribution in [-0.4, -0.2) is 24.4 Å². The van der Waals surface area contributed by atoms with Gasteiger partial charge in [-0.1, -0.05) is 12.1 Å². The minimum absolute atomic E-state index is 0.0268. The molecule has 0 atom stereocenters. The molecule has 1 aromatic carbocycles. The van der Waals surface area contributed by atoms with E-state index in [0.717, 1.165) is 6.20 Å². The minimum Gasteiger partial charge on any atom is -0.505 e. The third kappa shape index (κ3) is 3.77. The number of primary sulfonamides is 1. The van der Waals surface area contributed by atoms with E-state index >= 15 is 0 Å². The largest absolute Gasteiger partial charge is 0.505 e. The number of nitrogens with two attached hydrogens (primary N) is 1. The van der Waals surface area contributed by atoms with Gasteiger partial charge in [0.15, 0.2) is 0 Å². The van der Waals surface area contributed by atoms with Gasteiger partial charge < -0.3 is 10.4 Å². The topological polar surface area (TPSA) is 122 Å². The Hall–Kier alpha value is -2.45. The molecule has 8 heteroatoms. The van der Waals surface area contributed by atoms with Crippen LogP contribution in [0.15, 0.2) is 47.6 Å². The Bertz CT molecular complexity index is 774.